The van der Waals surface area contributed by atoms with Crippen LogP contribution in [0.4, 0.5) is 4.79 Å². The highest BCUT2D eigenvalue weighted by Gasteiger charge is 2.51. The van der Waals surface area contributed by atoms with E-state index in [9.17, 15) is 14.4 Å². The van der Waals surface area contributed by atoms with Gasteiger partial charge < -0.3 is 14.6 Å². The molecule has 0 aromatic rings. The lowest BCUT2D eigenvalue weighted by Crippen LogP contribution is -2.61. The number of carbonyl (C=O) groups is 3. The fourth-order valence-corrected chi connectivity index (χ4v) is 1.47. The van der Waals surface area contributed by atoms with Crippen LogP contribution in [0.2, 0.25) is 0 Å². The first kappa shape index (κ1) is 14.4. The number of imide groups is 1. The fourth-order valence-electron chi connectivity index (χ4n) is 1.47. The van der Waals surface area contributed by atoms with Crippen molar-refractivity contribution in [3.05, 3.63) is 0 Å². The Balaban J connectivity index is 2.94. The van der Waals surface area contributed by atoms with Crippen LogP contribution in [-0.2, 0) is 19.1 Å². The van der Waals surface area contributed by atoms with Gasteiger partial charge in [0.2, 0.25) is 5.60 Å². The Kier molecular flexibility index (Phi) is 3.66. The Morgan fingerprint density at radius 2 is 2.00 bits per heavy atom. The minimum atomic E-state index is -1.90. The molecule has 0 radical (unpaired) electrons. The standard InChI is InChI=1S/C11H17NO6/c1-10(2,3)18-8(14)11(4)7(13)12(9(15)16)5-6-17-11/h5-6H2,1-4H3,(H,15,16). The number of esters is 1. The molecule has 1 saturated heterocycles. The molecule has 1 atom stereocenters. The molecule has 1 aliphatic heterocycles. The van der Waals surface area contributed by atoms with Crippen molar-refractivity contribution in [1.82, 2.24) is 4.90 Å². The summed E-state index contributed by atoms with van der Waals surface area (Å²) in [4.78, 5) is 35.3. The monoisotopic (exact) mass is 259 g/mol. The summed E-state index contributed by atoms with van der Waals surface area (Å²) in [6.45, 7) is 6.04. The van der Waals surface area contributed by atoms with Crippen LogP contribution in [0.25, 0.3) is 0 Å². The van der Waals surface area contributed by atoms with Crippen LogP contribution in [0, 0.1) is 0 Å². The smallest absolute Gasteiger partial charge is 0.414 e. The average Bonchev–Trinajstić information content (AvgIpc) is 2.19. The van der Waals surface area contributed by atoms with Gasteiger partial charge in [-0.2, -0.15) is 0 Å². The number of morpholine rings is 1. The number of carboxylic acid groups (broad SMARTS) is 1. The SMILES string of the molecule is CC(C)(C)OC(=O)C1(C)OCCN(C(=O)O)C1=O. The lowest BCUT2D eigenvalue weighted by atomic mass is 10.0. The van der Waals surface area contributed by atoms with E-state index in [1.807, 2.05) is 0 Å². The normalized spacial score (nSPS) is 24.9. The first-order valence-electron chi connectivity index (χ1n) is 5.50. The molecular formula is C11H17NO6. The van der Waals surface area contributed by atoms with Gasteiger partial charge >= 0.3 is 12.1 Å². The summed E-state index contributed by atoms with van der Waals surface area (Å²) in [5, 5.41) is 8.85. The lowest BCUT2D eigenvalue weighted by molar-refractivity contribution is -0.194. The molecule has 1 heterocycles. The Labute approximate surface area is 105 Å². The zero-order valence-corrected chi connectivity index (χ0v) is 10.8. The third kappa shape index (κ3) is 2.79. The topological polar surface area (TPSA) is 93.1 Å². The van der Waals surface area contributed by atoms with E-state index in [4.69, 9.17) is 14.6 Å². The third-order valence-corrected chi connectivity index (χ3v) is 2.38. The molecule has 7 heteroatoms. The number of hydrogen-bond acceptors (Lipinski definition) is 5. The fraction of sp³-hybridized carbons (Fsp3) is 0.727. The highest BCUT2D eigenvalue weighted by Crippen LogP contribution is 2.23. The molecule has 1 unspecified atom stereocenters. The summed E-state index contributed by atoms with van der Waals surface area (Å²) in [6.07, 6.45) is -1.40. The van der Waals surface area contributed by atoms with E-state index in [0.717, 1.165) is 0 Å². The molecule has 1 fully saturated rings. The molecule has 0 bridgehead atoms. The molecule has 0 spiro atoms. The van der Waals surface area contributed by atoms with Gasteiger partial charge in [-0.05, 0) is 27.7 Å². The van der Waals surface area contributed by atoms with Crippen LogP contribution in [0.5, 0.6) is 0 Å². The molecule has 1 rings (SSSR count). The van der Waals surface area contributed by atoms with Gasteiger partial charge in [0.25, 0.3) is 5.91 Å². The van der Waals surface area contributed by atoms with E-state index in [-0.39, 0.29) is 13.2 Å². The molecule has 0 aromatic carbocycles. The van der Waals surface area contributed by atoms with Crippen LogP contribution in [0.3, 0.4) is 0 Å². The lowest BCUT2D eigenvalue weighted by Gasteiger charge is -2.36. The molecule has 102 valence electrons. The van der Waals surface area contributed by atoms with Crippen LogP contribution in [0.15, 0.2) is 0 Å². The maximum absolute atomic E-state index is 11.9. The second-order valence-electron chi connectivity index (χ2n) is 5.12. The molecule has 0 saturated carbocycles. The Hall–Kier alpha value is -1.63. The highest BCUT2D eigenvalue weighted by atomic mass is 16.6. The summed E-state index contributed by atoms with van der Waals surface area (Å²) in [5.74, 6) is -1.80. The van der Waals surface area contributed by atoms with Gasteiger partial charge in [0.1, 0.15) is 5.60 Å². The van der Waals surface area contributed by atoms with Gasteiger partial charge in [0.05, 0.1) is 13.2 Å². The van der Waals surface area contributed by atoms with Gasteiger partial charge in [-0.15, -0.1) is 0 Å². The van der Waals surface area contributed by atoms with Crippen LogP contribution in [-0.4, -0.2) is 52.3 Å². The summed E-state index contributed by atoms with van der Waals surface area (Å²) >= 11 is 0. The summed E-state index contributed by atoms with van der Waals surface area (Å²) in [7, 11) is 0. The first-order valence-corrected chi connectivity index (χ1v) is 5.50. The molecule has 1 aliphatic rings. The van der Waals surface area contributed by atoms with Gasteiger partial charge in [-0.1, -0.05) is 0 Å². The minimum Gasteiger partial charge on any atom is -0.465 e. The summed E-state index contributed by atoms with van der Waals surface area (Å²) in [5.41, 5.74) is -2.68. The Morgan fingerprint density at radius 3 is 2.44 bits per heavy atom. The Morgan fingerprint density at radius 1 is 1.44 bits per heavy atom. The molecular weight excluding hydrogens is 242 g/mol. The molecule has 7 nitrogen and oxygen atoms in total. The predicted molar refractivity (Wildman–Crippen MR) is 59.9 cm³/mol. The van der Waals surface area contributed by atoms with E-state index >= 15 is 0 Å². The van der Waals surface area contributed by atoms with E-state index in [0.29, 0.717) is 4.90 Å². The highest BCUT2D eigenvalue weighted by molar-refractivity contribution is 6.10. The maximum Gasteiger partial charge on any atom is 0.414 e. The quantitative estimate of drug-likeness (QED) is 0.548. The van der Waals surface area contributed by atoms with E-state index in [1.54, 1.807) is 20.8 Å². The van der Waals surface area contributed by atoms with E-state index < -0.39 is 29.2 Å². The van der Waals surface area contributed by atoms with Crippen molar-refractivity contribution in [3.8, 4) is 0 Å². The average molecular weight is 259 g/mol. The molecule has 0 aliphatic carbocycles. The largest absolute Gasteiger partial charge is 0.465 e. The van der Waals surface area contributed by atoms with Crippen molar-refractivity contribution < 1.29 is 29.0 Å². The van der Waals surface area contributed by atoms with Gasteiger partial charge in [-0.3, -0.25) is 4.79 Å². The number of amides is 2. The second kappa shape index (κ2) is 4.56. The molecule has 0 aromatic heterocycles. The van der Waals surface area contributed by atoms with Gasteiger partial charge in [0.15, 0.2) is 0 Å². The van der Waals surface area contributed by atoms with E-state index in [2.05, 4.69) is 0 Å². The molecule has 2 amide bonds. The van der Waals surface area contributed by atoms with Crippen molar-refractivity contribution in [2.45, 2.75) is 38.9 Å². The number of nitrogens with zero attached hydrogens (tertiary/aromatic N) is 1. The van der Waals surface area contributed by atoms with Crippen molar-refractivity contribution in [2.75, 3.05) is 13.2 Å². The van der Waals surface area contributed by atoms with Gasteiger partial charge in [-0.25, -0.2) is 14.5 Å². The van der Waals surface area contributed by atoms with Crippen LogP contribution < -0.4 is 0 Å². The van der Waals surface area contributed by atoms with E-state index in [1.165, 1.54) is 6.92 Å². The number of carbonyl (C=O) groups excluding carboxylic acids is 2. The third-order valence-electron chi connectivity index (χ3n) is 2.38. The van der Waals surface area contributed by atoms with Gasteiger partial charge in [0, 0.05) is 0 Å². The van der Waals surface area contributed by atoms with Crippen molar-refractivity contribution >= 4 is 18.0 Å². The second-order valence-corrected chi connectivity index (χ2v) is 5.12. The Bertz CT molecular complexity index is 385. The van der Waals surface area contributed by atoms with Crippen LogP contribution >= 0.6 is 0 Å². The number of rotatable bonds is 1. The first-order chi connectivity index (χ1) is 8.08. The molecule has 1 N–H and O–H groups in total. The number of hydrogen-bond donors (Lipinski definition) is 1. The van der Waals surface area contributed by atoms with Crippen LogP contribution in [0.1, 0.15) is 27.7 Å². The predicted octanol–water partition coefficient (Wildman–Crippen LogP) is 0.624. The van der Waals surface area contributed by atoms with Crippen molar-refractivity contribution in [2.24, 2.45) is 0 Å². The maximum atomic E-state index is 11.9. The summed E-state index contributed by atoms with van der Waals surface area (Å²) in [6, 6.07) is 0. The molecule has 18 heavy (non-hydrogen) atoms. The van der Waals surface area contributed by atoms with Crippen molar-refractivity contribution in [3.63, 3.8) is 0 Å². The summed E-state index contributed by atoms with van der Waals surface area (Å²) < 4.78 is 10.2. The van der Waals surface area contributed by atoms with Crippen molar-refractivity contribution in [1.29, 1.82) is 0 Å². The zero-order valence-electron chi connectivity index (χ0n) is 10.8. The number of ether oxygens (including phenoxy) is 2. The minimum absolute atomic E-state index is 0.0339. The zero-order chi connectivity index (χ0) is 14.1.